The van der Waals surface area contributed by atoms with E-state index in [4.69, 9.17) is 19.9 Å². The summed E-state index contributed by atoms with van der Waals surface area (Å²) in [5, 5.41) is 3.19. The van der Waals surface area contributed by atoms with Gasteiger partial charge in [0.2, 0.25) is 11.7 Å². The summed E-state index contributed by atoms with van der Waals surface area (Å²) in [5.74, 6) is 1.25. The lowest BCUT2D eigenvalue weighted by Crippen LogP contribution is -2.51. The summed E-state index contributed by atoms with van der Waals surface area (Å²) in [6.07, 6.45) is 0. The zero-order valence-corrected chi connectivity index (χ0v) is 13.4. The molecule has 0 heterocycles. The van der Waals surface area contributed by atoms with Crippen LogP contribution < -0.4 is 25.3 Å². The van der Waals surface area contributed by atoms with E-state index in [1.807, 2.05) is 19.1 Å². The van der Waals surface area contributed by atoms with Crippen molar-refractivity contribution >= 4 is 5.91 Å². The lowest BCUT2D eigenvalue weighted by Gasteiger charge is -2.28. The fourth-order valence-corrected chi connectivity index (χ4v) is 2.05. The van der Waals surface area contributed by atoms with Crippen LogP contribution in [0.3, 0.4) is 0 Å². The molecule has 0 aliphatic heterocycles. The molecule has 6 heteroatoms. The quantitative estimate of drug-likeness (QED) is 0.799. The molecule has 1 amide bonds. The maximum absolute atomic E-state index is 11.4. The smallest absolute Gasteiger partial charge is 0.237 e. The maximum Gasteiger partial charge on any atom is 0.237 e. The molecule has 1 aromatic rings. The van der Waals surface area contributed by atoms with Crippen molar-refractivity contribution in [2.75, 3.05) is 21.3 Å². The van der Waals surface area contributed by atoms with Crippen LogP contribution in [0.25, 0.3) is 0 Å². The molecule has 6 nitrogen and oxygen atoms in total. The highest BCUT2D eigenvalue weighted by molar-refractivity contribution is 5.83. The number of carbonyl (C=O) groups is 1. The first-order valence-electron chi connectivity index (χ1n) is 6.64. The second-order valence-corrected chi connectivity index (χ2v) is 5.31. The normalized spacial score (nSPS) is 12.7. The molecular weight excluding hydrogens is 272 g/mol. The molecule has 1 rings (SSSR count). The van der Waals surface area contributed by atoms with Crippen molar-refractivity contribution in [2.45, 2.75) is 32.4 Å². The van der Waals surface area contributed by atoms with E-state index in [2.05, 4.69) is 5.32 Å². The van der Waals surface area contributed by atoms with Gasteiger partial charge in [-0.2, -0.15) is 0 Å². The first-order valence-corrected chi connectivity index (χ1v) is 6.64. The summed E-state index contributed by atoms with van der Waals surface area (Å²) in [7, 11) is 4.68. The summed E-state index contributed by atoms with van der Waals surface area (Å²) < 4.78 is 15.9. The first-order chi connectivity index (χ1) is 9.76. The van der Waals surface area contributed by atoms with E-state index in [0.717, 1.165) is 5.56 Å². The van der Waals surface area contributed by atoms with Crippen LogP contribution >= 0.6 is 0 Å². The molecule has 0 bridgehead atoms. The van der Waals surface area contributed by atoms with Crippen LogP contribution in [-0.2, 0) is 4.79 Å². The topological polar surface area (TPSA) is 82.8 Å². The molecular formula is C15H24N2O4. The summed E-state index contributed by atoms with van der Waals surface area (Å²) in [6, 6.07) is 3.56. The molecule has 0 fully saturated rings. The van der Waals surface area contributed by atoms with Crippen molar-refractivity contribution in [3.8, 4) is 17.2 Å². The Morgan fingerprint density at radius 3 is 1.95 bits per heavy atom. The maximum atomic E-state index is 11.4. The summed E-state index contributed by atoms with van der Waals surface area (Å²) in [6.45, 7) is 5.42. The van der Waals surface area contributed by atoms with Gasteiger partial charge in [0.15, 0.2) is 11.5 Å². The number of primary amides is 1. The van der Waals surface area contributed by atoms with Crippen molar-refractivity contribution in [3.63, 3.8) is 0 Å². The van der Waals surface area contributed by atoms with Gasteiger partial charge in [0.25, 0.3) is 0 Å². The number of nitrogens with two attached hydrogens (primary N) is 1. The Kier molecular flexibility index (Phi) is 5.43. The van der Waals surface area contributed by atoms with Gasteiger partial charge in [-0.1, -0.05) is 0 Å². The Labute approximate surface area is 125 Å². The number of carbonyl (C=O) groups excluding carboxylic acids is 1. The monoisotopic (exact) mass is 296 g/mol. The summed E-state index contributed by atoms with van der Waals surface area (Å²) in [5.41, 5.74) is 5.47. The molecule has 0 aliphatic rings. The Bertz CT molecular complexity index is 489. The van der Waals surface area contributed by atoms with Crippen molar-refractivity contribution in [3.05, 3.63) is 17.7 Å². The fourth-order valence-electron chi connectivity index (χ4n) is 2.05. The van der Waals surface area contributed by atoms with Crippen molar-refractivity contribution in [1.29, 1.82) is 0 Å². The third-order valence-corrected chi connectivity index (χ3v) is 3.38. The Hall–Kier alpha value is -1.95. The Balaban J connectivity index is 3.16. The lowest BCUT2D eigenvalue weighted by molar-refractivity contribution is -0.123. The van der Waals surface area contributed by atoms with E-state index in [0.29, 0.717) is 17.2 Å². The van der Waals surface area contributed by atoms with Crippen LogP contribution in [0.4, 0.5) is 0 Å². The number of amides is 1. The molecule has 1 aromatic carbocycles. The fraction of sp³-hybridized carbons (Fsp3) is 0.533. The highest BCUT2D eigenvalue weighted by atomic mass is 16.5. The van der Waals surface area contributed by atoms with Gasteiger partial charge in [-0.25, -0.2) is 0 Å². The van der Waals surface area contributed by atoms with E-state index >= 15 is 0 Å². The highest BCUT2D eigenvalue weighted by Crippen LogP contribution is 2.39. The number of ether oxygens (including phenoxy) is 3. The molecule has 0 aliphatic carbocycles. The predicted octanol–water partition coefficient (Wildman–Crippen LogP) is 1.63. The van der Waals surface area contributed by atoms with Gasteiger partial charge in [-0.3, -0.25) is 10.1 Å². The van der Waals surface area contributed by atoms with Crippen LogP contribution in [0.2, 0.25) is 0 Å². The van der Waals surface area contributed by atoms with E-state index in [1.165, 1.54) is 0 Å². The second-order valence-electron chi connectivity index (χ2n) is 5.31. The van der Waals surface area contributed by atoms with E-state index in [1.54, 1.807) is 35.2 Å². The third-order valence-electron chi connectivity index (χ3n) is 3.38. The summed E-state index contributed by atoms with van der Waals surface area (Å²) >= 11 is 0. The van der Waals surface area contributed by atoms with Crippen LogP contribution in [0.5, 0.6) is 17.2 Å². The van der Waals surface area contributed by atoms with Gasteiger partial charge in [0, 0.05) is 6.04 Å². The molecule has 21 heavy (non-hydrogen) atoms. The average molecular weight is 296 g/mol. The van der Waals surface area contributed by atoms with Gasteiger partial charge in [0.1, 0.15) is 0 Å². The number of methoxy groups -OCH3 is 3. The average Bonchev–Trinajstić information content (AvgIpc) is 2.44. The number of hydrogen-bond donors (Lipinski definition) is 2. The SMILES string of the molecule is COc1cc(C(C)NC(C)(C)C(N)=O)cc(OC)c1OC. The van der Waals surface area contributed by atoms with Gasteiger partial charge in [-0.15, -0.1) is 0 Å². The first kappa shape index (κ1) is 17.1. The van der Waals surface area contributed by atoms with Gasteiger partial charge >= 0.3 is 0 Å². The molecule has 0 saturated heterocycles. The third kappa shape index (κ3) is 3.78. The van der Waals surface area contributed by atoms with Crippen LogP contribution in [0.15, 0.2) is 12.1 Å². The van der Waals surface area contributed by atoms with Gasteiger partial charge in [0.05, 0.1) is 26.9 Å². The number of hydrogen-bond acceptors (Lipinski definition) is 5. The Morgan fingerprint density at radius 2 is 1.62 bits per heavy atom. The zero-order valence-electron chi connectivity index (χ0n) is 13.4. The molecule has 3 N–H and O–H groups in total. The molecule has 118 valence electrons. The molecule has 0 radical (unpaired) electrons. The van der Waals surface area contributed by atoms with E-state index in [-0.39, 0.29) is 6.04 Å². The summed E-state index contributed by atoms with van der Waals surface area (Å²) in [4.78, 5) is 11.4. The van der Waals surface area contributed by atoms with Crippen LogP contribution in [-0.4, -0.2) is 32.8 Å². The minimum Gasteiger partial charge on any atom is -0.493 e. The second kappa shape index (κ2) is 6.67. The molecule has 1 unspecified atom stereocenters. The number of nitrogens with one attached hydrogen (secondary N) is 1. The minimum atomic E-state index is -0.820. The Morgan fingerprint density at radius 1 is 1.14 bits per heavy atom. The van der Waals surface area contributed by atoms with Crippen molar-refractivity contribution < 1.29 is 19.0 Å². The van der Waals surface area contributed by atoms with Gasteiger partial charge in [-0.05, 0) is 38.5 Å². The van der Waals surface area contributed by atoms with E-state index in [9.17, 15) is 4.79 Å². The molecule has 1 atom stereocenters. The van der Waals surface area contributed by atoms with E-state index < -0.39 is 11.4 Å². The number of benzene rings is 1. The highest BCUT2D eigenvalue weighted by Gasteiger charge is 2.27. The largest absolute Gasteiger partial charge is 0.493 e. The zero-order chi connectivity index (χ0) is 16.2. The van der Waals surface area contributed by atoms with Gasteiger partial charge < -0.3 is 19.9 Å². The molecule has 0 saturated carbocycles. The van der Waals surface area contributed by atoms with Crippen molar-refractivity contribution in [2.24, 2.45) is 5.73 Å². The number of rotatable bonds is 7. The standard InChI is InChI=1S/C15H24N2O4/c1-9(17-15(2,3)14(16)18)10-7-11(19-4)13(21-6)12(8-10)20-5/h7-9,17H,1-6H3,(H2,16,18). The minimum absolute atomic E-state index is 0.124. The molecule has 0 spiro atoms. The van der Waals surface area contributed by atoms with Crippen molar-refractivity contribution in [1.82, 2.24) is 5.32 Å². The predicted molar refractivity (Wildman–Crippen MR) is 80.9 cm³/mol. The van der Waals surface area contributed by atoms with Crippen LogP contribution in [0, 0.1) is 0 Å². The molecule has 0 aromatic heterocycles. The lowest BCUT2D eigenvalue weighted by atomic mass is 10.00. The van der Waals surface area contributed by atoms with Crippen LogP contribution in [0.1, 0.15) is 32.4 Å².